The van der Waals surface area contributed by atoms with Crippen LogP contribution in [0.25, 0.3) is 10.9 Å². The van der Waals surface area contributed by atoms with Crippen molar-refractivity contribution < 1.29 is 4.39 Å². The maximum Gasteiger partial charge on any atom is 0.252 e. The standard InChI is InChI=1S/C22H22FN3O/c1-24-19-5-3-2-4-18(19)20(12-21(24)27)25-11-10-22(13-25)14-26(15-22)17-8-6-16(23)7-9-17/h2-9,12H,10-11,13-15H2,1H3. The van der Waals surface area contributed by atoms with Crippen molar-refractivity contribution in [3.63, 3.8) is 0 Å². The minimum absolute atomic E-state index is 0.0335. The first-order valence-electron chi connectivity index (χ1n) is 9.39. The third kappa shape index (κ3) is 2.60. The molecule has 0 N–H and O–H groups in total. The topological polar surface area (TPSA) is 28.5 Å². The van der Waals surface area contributed by atoms with Gasteiger partial charge in [0, 0.05) is 55.8 Å². The van der Waals surface area contributed by atoms with Crippen molar-refractivity contribution in [2.24, 2.45) is 12.5 Å². The van der Waals surface area contributed by atoms with E-state index in [1.807, 2.05) is 37.4 Å². The van der Waals surface area contributed by atoms with Crippen molar-refractivity contribution in [3.05, 3.63) is 70.8 Å². The summed E-state index contributed by atoms with van der Waals surface area (Å²) in [6, 6.07) is 16.6. The van der Waals surface area contributed by atoms with Gasteiger partial charge in [0.2, 0.25) is 0 Å². The highest BCUT2D eigenvalue weighted by atomic mass is 19.1. The zero-order chi connectivity index (χ0) is 18.6. The Labute approximate surface area is 157 Å². The molecule has 3 aromatic rings. The van der Waals surface area contributed by atoms with E-state index in [0.29, 0.717) is 0 Å². The number of anilines is 2. The second kappa shape index (κ2) is 5.84. The van der Waals surface area contributed by atoms with Crippen molar-refractivity contribution in [2.45, 2.75) is 6.42 Å². The summed E-state index contributed by atoms with van der Waals surface area (Å²) >= 11 is 0. The number of aryl methyl sites for hydroxylation is 1. The van der Waals surface area contributed by atoms with Crippen LogP contribution >= 0.6 is 0 Å². The fraction of sp³-hybridized carbons (Fsp3) is 0.318. The number of benzene rings is 2. The van der Waals surface area contributed by atoms with Crippen LogP contribution in [-0.4, -0.2) is 30.7 Å². The molecule has 0 saturated carbocycles. The third-order valence-corrected chi connectivity index (χ3v) is 6.16. The lowest BCUT2D eigenvalue weighted by Crippen LogP contribution is -2.57. The Morgan fingerprint density at radius 2 is 1.67 bits per heavy atom. The van der Waals surface area contributed by atoms with E-state index in [4.69, 9.17) is 0 Å². The lowest BCUT2D eigenvalue weighted by atomic mass is 9.78. The van der Waals surface area contributed by atoms with Crippen LogP contribution in [0.15, 0.2) is 59.4 Å². The van der Waals surface area contributed by atoms with Gasteiger partial charge in [-0.3, -0.25) is 4.79 Å². The molecular formula is C22H22FN3O. The fourth-order valence-corrected chi connectivity index (χ4v) is 4.65. The molecule has 5 rings (SSSR count). The van der Waals surface area contributed by atoms with Crippen LogP contribution in [0.1, 0.15) is 6.42 Å². The fourth-order valence-electron chi connectivity index (χ4n) is 4.65. The van der Waals surface area contributed by atoms with Crippen molar-refractivity contribution in [1.82, 2.24) is 4.57 Å². The van der Waals surface area contributed by atoms with E-state index in [0.717, 1.165) is 54.9 Å². The van der Waals surface area contributed by atoms with Gasteiger partial charge in [-0.1, -0.05) is 18.2 Å². The quantitative estimate of drug-likeness (QED) is 0.699. The maximum absolute atomic E-state index is 13.1. The highest BCUT2D eigenvalue weighted by Crippen LogP contribution is 2.43. The number of rotatable bonds is 2. The number of hydrogen-bond acceptors (Lipinski definition) is 3. The maximum atomic E-state index is 13.1. The molecule has 5 heteroatoms. The summed E-state index contributed by atoms with van der Waals surface area (Å²) in [5, 5.41) is 1.13. The normalized spacial score (nSPS) is 18.3. The molecule has 2 saturated heterocycles. The van der Waals surface area contributed by atoms with Gasteiger partial charge in [-0.25, -0.2) is 4.39 Å². The van der Waals surface area contributed by atoms with Crippen LogP contribution in [0.2, 0.25) is 0 Å². The van der Waals surface area contributed by atoms with Gasteiger partial charge in [0.25, 0.3) is 5.56 Å². The number of pyridine rings is 1. The molecule has 0 atom stereocenters. The summed E-state index contributed by atoms with van der Waals surface area (Å²) in [5.41, 5.74) is 3.40. The molecule has 27 heavy (non-hydrogen) atoms. The van der Waals surface area contributed by atoms with E-state index < -0.39 is 0 Å². The number of fused-ring (bicyclic) bond motifs is 1. The Balaban J connectivity index is 1.39. The van der Waals surface area contributed by atoms with Gasteiger partial charge in [0.1, 0.15) is 5.82 Å². The average Bonchev–Trinajstić information content (AvgIpc) is 3.10. The van der Waals surface area contributed by atoms with Crippen molar-refractivity contribution in [3.8, 4) is 0 Å². The largest absolute Gasteiger partial charge is 0.370 e. The van der Waals surface area contributed by atoms with E-state index in [-0.39, 0.29) is 16.8 Å². The molecule has 2 fully saturated rings. The smallest absolute Gasteiger partial charge is 0.252 e. The molecule has 2 aliphatic rings. The number of halogens is 1. The molecule has 0 radical (unpaired) electrons. The molecule has 0 amide bonds. The molecule has 0 bridgehead atoms. The number of hydrogen-bond donors (Lipinski definition) is 0. The number of aromatic nitrogens is 1. The molecular weight excluding hydrogens is 341 g/mol. The first kappa shape index (κ1) is 16.4. The van der Waals surface area contributed by atoms with Crippen molar-refractivity contribution in [2.75, 3.05) is 36.0 Å². The third-order valence-electron chi connectivity index (χ3n) is 6.16. The zero-order valence-electron chi connectivity index (χ0n) is 15.4. The molecule has 2 aliphatic heterocycles. The Hall–Kier alpha value is -2.82. The average molecular weight is 363 g/mol. The van der Waals surface area contributed by atoms with Gasteiger partial charge in [0.05, 0.1) is 11.2 Å². The van der Waals surface area contributed by atoms with Crippen LogP contribution in [0.4, 0.5) is 15.8 Å². The van der Waals surface area contributed by atoms with E-state index in [9.17, 15) is 9.18 Å². The van der Waals surface area contributed by atoms with Gasteiger partial charge in [-0.2, -0.15) is 0 Å². The highest BCUT2D eigenvalue weighted by Gasteiger charge is 2.48. The van der Waals surface area contributed by atoms with Gasteiger partial charge < -0.3 is 14.4 Å². The van der Waals surface area contributed by atoms with Gasteiger partial charge in [0.15, 0.2) is 0 Å². The van der Waals surface area contributed by atoms with Gasteiger partial charge in [-0.05, 0) is 36.8 Å². The number of nitrogens with zero attached hydrogens (tertiary/aromatic N) is 3. The second-order valence-corrected chi connectivity index (χ2v) is 7.95. The predicted octanol–water partition coefficient (Wildman–Crippen LogP) is 3.39. The van der Waals surface area contributed by atoms with Crippen LogP contribution in [0.5, 0.6) is 0 Å². The lowest BCUT2D eigenvalue weighted by molar-refractivity contribution is 0.246. The van der Waals surface area contributed by atoms with Crippen LogP contribution < -0.4 is 15.4 Å². The lowest BCUT2D eigenvalue weighted by Gasteiger charge is -2.49. The van der Waals surface area contributed by atoms with E-state index in [1.165, 1.54) is 12.1 Å². The molecule has 1 aromatic heterocycles. The zero-order valence-corrected chi connectivity index (χ0v) is 15.4. The van der Waals surface area contributed by atoms with Crippen molar-refractivity contribution >= 4 is 22.3 Å². The summed E-state index contributed by atoms with van der Waals surface area (Å²) in [7, 11) is 1.83. The van der Waals surface area contributed by atoms with Crippen molar-refractivity contribution in [1.29, 1.82) is 0 Å². The van der Waals surface area contributed by atoms with E-state index in [1.54, 1.807) is 10.6 Å². The summed E-state index contributed by atoms with van der Waals surface area (Å²) in [6.07, 6.45) is 1.12. The minimum atomic E-state index is -0.196. The molecule has 3 heterocycles. The van der Waals surface area contributed by atoms with Gasteiger partial charge in [-0.15, -0.1) is 0 Å². The molecule has 0 aliphatic carbocycles. The molecule has 2 aromatic carbocycles. The number of para-hydroxylation sites is 1. The monoisotopic (exact) mass is 363 g/mol. The summed E-state index contributed by atoms with van der Waals surface area (Å²) in [4.78, 5) is 17.1. The first-order valence-corrected chi connectivity index (χ1v) is 9.39. The summed E-state index contributed by atoms with van der Waals surface area (Å²) < 4.78 is 14.9. The second-order valence-electron chi connectivity index (χ2n) is 7.95. The molecule has 0 unspecified atom stereocenters. The Morgan fingerprint density at radius 3 is 2.44 bits per heavy atom. The predicted molar refractivity (Wildman–Crippen MR) is 107 cm³/mol. The molecule has 1 spiro atoms. The minimum Gasteiger partial charge on any atom is -0.370 e. The Morgan fingerprint density at radius 1 is 0.963 bits per heavy atom. The Bertz CT molecular complexity index is 1070. The van der Waals surface area contributed by atoms with Gasteiger partial charge >= 0.3 is 0 Å². The van der Waals surface area contributed by atoms with E-state index in [2.05, 4.69) is 15.9 Å². The highest BCUT2D eigenvalue weighted by molar-refractivity contribution is 5.92. The first-order chi connectivity index (χ1) is 13.0. The Kier molecular flexibility index (Phi) is 3.54. The van der Waals surface area contributed by atoms with E-state index >= 15 is 0 Å². The summed E-state index contributed by atoms with van der Waals surface area (Å²) in [5.74, 6) is -0.196. The molecule has 138 valence electrons. The summed E-state index contributed by atoms with van der Waals surface area (Å²) in [6.45, 7) is 3.89. The van der Waals surface area contributed by atoms with Crippen LogP contribution in [-0.2, 0) is 7.05 Å². The SMILES string of the molecule is Cn1c(=O)cc(N2CCC3(CN(c4ccc(F)cc4)C3)C2)c2ccccc21. The van der Waals surface area contributed by atoms with Crippen LogP contribution in [0, 0.1) is 11.2 Å². The molecule has 4 nitrogen and oxygen atoms in total. The van der Waals surface area contributed by atoms with Crippen LogP contribution in [0.3, 0.4) is 0 Å².